The van der Waals surface area contributed by atoms with Crippen LogP contribution in [0.15, 0.2) is 72.8 Å². The predicted molar refractivity (Wildman–Crippen MR) is 256 cm³/mol. The number of aliphatic hydroxyl groups is 2. The Hall–Kier alpha value is -4.99. The number of rotatable bonds is 13. The molecule has 2 aliphatic carbocycles. The molecule has 5 nitrogen and oxygen atoms in total. The molecule has 6 rings (SSSR count). The van der Waals surface area contributed by atoms with Gasteiger partial charge in [0.1, 0.15) is 22.7 Å². The van der Waals surface area contributed by atoms with E-state index in [9.17, 15) is 15.3 Å². The number of hydrogen-bond acceptors (Lipinski definition) is 4. The highest BCUT2D eigenvalue weighted by Gasteiger charge is 2.34. The van der Waals surface area contributed by atoms with Crippen molar-refractivity contribution in [3.05, 3.63) is 140 Å². The van der Waals surface area contributed by atoms with E-state index in [1.807, 2.05) is 13.0 Å². The lowest BCUT2D eigenvalue weighted by Gasteiger charge is -2.34. The minimum atomic E-state index is -0.806. The van der Waals surface area contributed by atoms with Gasteiger partial charge in [-0.2, -0.15) is 0 Å². The maximum atomic E-state index is 10.6. The highest BCUT2D eigenvalue weighted by atomic mass is 16.5. The molecule has 4 aromatic carbocycles. The third kappa shape index (κ3) is 11.1. The largest absolute Gasteiger partial charge is 0.508 e. The van der Waals surface area contributed by atoms with E-state index in [0.717, 1.165) is 129 Å². The summed E-state index contributed by atoms with van der Waals surface area (Å²) in [6, 6.07) is 25.7. The lowest BCUT2D eigenvalue weighted by molar-refractivity contribution is 0.109. The maximum absolute atomic E-state index is 10.6. The van der Waals surface area contributed by atoms with Crippen molar-refractivity contribution in [1.29, 1.82) is 0 Å². The summed E-state index contributed by atoms with van der Waals surface area (Å²) in [4.78, 5) is 3.40. The molecule has 0 aliphatic heterocycles. The summed E-state index contributed by atoms with van der Waals surface area (Å²) >= 11 is 0. The molecule has 0 spiro atoms. The van der Waals surface area contributed by atoms with Crippen molar-refractivity contribution in [2.45, 2.75) is 167 Å². The Kier molecular flexibility index (Phi) is 16.6. The molecule has 62 heavy (non-hydrogen) atoms. The van der Waals surface area contributed by atoms with Crippen LogP contribution in [0.2, 0.25) is 0 Å². The fourth-order valence-corrected chi connectivity index (χ4v) is 9.74. The van der Waals surface area contributed by atoms with Gasteiger partial charge in [0.15, 0.2) is 0 Å². The van der Waals surface area contributed by atoms with Gasteiger partial charge in [-0.15, -0.1) is 0 Å². The molecule has 0 bridgehead atoms. The van der Waals surface area contributed by atoms with Gasteiger partial charge in [0.05, 0.1) is 6.61 Å². The summed E-state index contributed by atoms with van der Waals surface area (Å²) in [6.07, 6.45) is 13.1. The van der Waals surface area contributed by atoms with Gasteiger partial charge >= 0.3 is 0 Å². The molecule has 328 valence electrons. The van der Waals surface area contributed by atoms with E-state index in [0.29, 0.717) is 18.9 Å². The van der Waals surface area contributed by atoms with Crippen molar-refractivity contribution < 1.29 is 20.1 Å². The summed E-state index contributed by atoms with van der Waals surface area (Å²) in [7, 11) is 0. The van der Waals surface area contributed by atoms with Crippen molar-refractivity contribution in [3.63, 3.8) is 0 Å². The average Bonchev–Trinajstić information content (AvgIpc) is 3.91. The molecule has 4 aromatic rings. The van der Waals surface area contributed by atoms with Crippen molar-refractivity contribution in [3.8, 4) is 35.2 Å². The number of aryl methyl sites for hydroxylation is 4. The first-order valence-electron chi connectivity index (χ1n) is 23.3. The van der Waals surface area contributed by atoms with Gasteiger partial charge in [0.2, 0.25) is 6.54 Å². The third-order valence-electron chi connectivity index (χ3n) is 14.1. The zero-order valence-corrected chi connectivity index (χ0v) is 38.9. The number of phenolic OH excluding ortho intramolecular Hbond substituents is 1. The third-order valence-corrected chi connectivity index (χ3v) is 14.1. The standard InChI is InChI=1S/C31H39NO2.C26H32O2/c1-6-31(7-2,28-14-15-29(25(4)23-28)34-21-11-10-20-32-5)27-13-12-26(24(3)22-27)16-19-30(33)17-8-9-18-30;1-5-26(6-2,23-11-12-24(27)20(4)18-23)22-10-9-21(19(3)17-22)13-16-25(28)14-7-8-15-25/h12-15,22-23,33H,6-11,17-18,20-21H2,1-4H3;9-12,17-18,27-28H,5-8,14-15H2,1-4H3. The fraction of sp³-hybridized carbons (Fsp3) is 0.491. The number of nitrogens with zero attached hydrogens (tertiary/aromatic N) is 1. The lowest BCUT2D eigenvalue weighted by Crippen LogP contribution is -2.26. The monoisotopic (exact) mass is 834 g/mol. The Morgan fingerprint density at radius 1 is 0.581 bits per heavy atom. The Balaban J connectivity index is 0.000000238. The van der Waals surface area contributed by atoms with Crippen LogP contribution < -0.4 is 4.74 Å². The summed E-state index contributed by atoms with van der Waals surface area (Å²) in [5.41, 5.74) is 9.75. The Bertz CT molecular complexity index is 2300. The number of phenols is 1. The van der Waals surface area contributed by atoms with Crippen molar-refractivity contribution in [2.24, 2.45) is 0 Å². The van der Waals surface area contributed by atoms with Gasteiger partial charge in [-0.1, -0.05) is 99.9 Å². The number of aromatic hydroxyl groups is 1. The quantitative estimate of drug-likeness (QED) is 0.0713. The number of ether oxygens (including phenoxy) is 1. The van der Waals surface area contributed by atoms with E-state index in [4.69, 9.17) is 11.3 Å². The normalized spacial score (nSPS) is 15.3. The summed E-state index contributed by atoms with van der Waals surface area (Å²) in [5.74, 6) is 14.0. The number of benzene rings is 4. The lowest BCUT2D eigenvalue weighted by atomic mass is 9.70. The first-order valence-corrected chi connectivity index (χ1v) is 23.3. The van der Waals surface area contributed by atoms with E-state index in [1.54, 1.807) is 6.07 Å². The first-order chi connectivity index (χ1) is 29.7. The topological polar surface area (TPSA) is 74.3 Å². The minimum absolute atomic E-state index is 0.0701. The molecular weight excluding hydrogens is 763 g/mol. The maximum Gasteiger partial charge on any atom is 0.214 e. The second kappa shape index (κ2) is 21.4. The van der Waals surface area contributed by atoms with Crippen molar-refractivity contribution in [2.75, 3.05) is 13.2 Å². The van der Waals surface area contributed by atoms with Crippen LogP contribution in [-0.2, 0) is 10.8 Å². The Morgan fingerprint density at radius 2 is 0.984 bits per heavy atom. The molecule has 2 fully saturated rings. The molecule has 0 saturated heterocycles. The molecule has 0 atom stereocenters. The van der Waals surface area contributed by atoms with Crippen LogP contribution in [0.4, 0.5) is 0 Å². The van der Waals surface area contributed by atoms with E-state index in [-0.39, 0.29) is 10.8 Å². The summed E-state index contributed by atoms with van der Waals surface area (Å²) in [6.45, 7) is 25.4. The van der Waals surface area contributed by atoms with Gasteiger partial charge in [0.25, 0.3) is 0 Å². The van der Waals surface area contributed by atoms with E-state index < -0.39 is 11.2 Å². The molecule has 0 aromatic heterocycles. The van der Waals surface area contributed by atoms with Crippen LogP contribution in [0.1, 0.15) is 173 Å². The molecule has 2 saturated carbocycles. The van der Waals surface area contributed by atoms with E-state index in [2.05, 4.69) is 138 Å². The van der Waals surface area contributed by atoms with Crippen LogP contribution in [0, 0.1) is 57.9 Å². The predicted octanol–water partition coefficient (Wildman–Crippen LogP) is 12.9. The second-order valence-electron chi connectivity index (χ2n) is 18.0. The minimum Gasteiger partial charge on any atom is -0.508 e. The smallest absolute Gasteiger partial charge is 0.214 e. The summed E-state index contributed by atoms with van der Waals surface area (Å²) in [5, 5.41) is 31.0. The van der Waals surface area contributed by atoms with Gasteiger partial charge in [-0.3, -0.25) is 0 Å². The zero-order chi connectivity index (χ0) is 45.0. The SMILES string of the molecule is CCC(CC)(c1ccc(O)c(C)c1)c1ccc(C#CC2(O)CCCC2)c(C)c1.[C-]#[N+]CCCCOc1ccc(C(CC)(CC)c2ccc(C#CC3(O)CCCC3)c(C)c2)cc1C. The van der Waals surface area contributed by atoms with Gasteiger partial charge < -0.3 is 24.9 Å². The molecule has 0 amide bonds. The van der Waals surface area contributed by atoms with Crippen LogP contribution in [0.3, 0.4) is 0 Å². The molecule has 2 aliphatic rings. The van der Waals surface area contributed by atoms with Crippen LogP contribution in [0.5, 0.6) is 11.5 Å². The molecule has 3 N–H and O–H groups in total. The second-order valence-corrected chi connectivity index (χ2v) is 18.0. The summed E-state index contributed by atoms with van der Waals surface area (Å²) < 4.78 is 6.00. The van der Waals surface area contributed by atoms with Crippen LogP contribution in [-0.4, -0.2) is 39.7 Å². The van der Waals surface area contributed by atoms with E-state index >= 15 is 0 Å². The van der Waals surface area contributed by atoms with Gasteiger partial charge in [-0.05, 0) is 180 Å². The number of hydrogen-bond donors (Lipinski definition) is 3. The van der Waals surface area contributed by atoms with Gasteiger partial charge in [0, 0.05) is 28.4 Å². The average molecular weight is 834 g/mol. The molecule has 0 unspecified atom stereocenters. The highest BCUT2D eigenvalue weighted by molar-refractivity contribution is 5.52. The van der Waals surface area contributed by atoms with E-state index in [1.165, 1.54) is 22.3 Å². The Morgan fingerprint density at radius 3 is 1.37 bits per heavy atom. The Labute approximate surface area is 374 Å². The van der Waals surface area contributed by atoms with Gasteiger partial charge in [-0.25, -0.2) is 6.57 Å². The number of unbranched alkanes of at least 4 members (excludes halogenated alkanes) is 1. The first kappa shape index (κ1) is 48.0. The molecule has 0 heterocycles. The van der Waals surface area contributed by atoms with Crippen molar-refractivity contribution >= 4 is 0 Å². The highest BCUT2D eigenvalue weighted by Crippen LogP contribution is 2.42. The van der Waals surface area contributed by atoms with Crippen LogP contribution >= 0.6 is 0 Å². The molecule has 5 heteroatoms. The zero-order valence-electron chi connectivity index (χ0n) is 38.9. The molecular formula is C57H71NO4. The van der Waals surface area contributed by atoms with Crippen molar-refractivity contribution in [1.82, 2.24) is 0 Å². The molecule has 0 radical (unpaired) electrons. The van der Waals surface area contributed by atoms with Crippen LogP contribution in [0.25, 0.3) is 4.85 Å². The fourth-order valence-electron chi connectivity index (χ4n) is 9.74.